The largest absolute Gasteiger partial charge is 0.462 e. The second kappa shape index (κ2) is 8.93. The van der Waals surface area contributed by atoms with Crippen LogP contribution in [0.3, 0.4) is 0 Å². The Kier molecular flexibility index (Phi) is 6.65. The first-order valence-electron chi connectivity index (χ1n) is 8.43. The quantitative estimate of drug-likeness (QED) is 0.459. The lowest BCUT2D eigenvalue weighted by Crippen LogP contribution is -2.27. The molecule has 0 radical (unpaired) electrons. The van der Waals surface area contributed by atoms with E-state index in [4.69, 9.17) is 4.74 Å². The predicted molar refractivity (Wildman–Crippen MR) is 101 cm³/mol. The van der Waals surface area contributed by atoms with Crippen LogP contribution in [0, 0.1) is 19.7 Å². The van der Waals surface area contributed by atoms with Gasteiger partial charge in [-0.1, -0.05) is 12.1 Å². The smallest absolute Gasteiger partial charge is 0.344 e. The van der Waals surface area contributed by atoms with Crippen LogP contribution in [0.2, 0.25) is 0 Å². The number of esters is 1. The first-order chi connectivity index (χ1) is 12.9. The lowest BCUT2D eigenvalue weighted by atomic mass is 10.1. The van der Waals surface area contributed by atoms with Crippen LogP contribution >= 0.6 is 0 Å². The Hall–Kier alpha value is -3.22. The molecule has 0 spiro atoms. The SMILES string of the molecule is CCOC(=O)/C(=C(\Nc1ccc(C)cc1F)N(C)C=O)c1ncccc1C. The number of benzene rings is 1. The molecule has 1 N–H and O–H groups in total. The van der Waals surface area contributed by atoms with Gasteiger partial charge in [-0.05, 0) is 50.1 Å². The number of nitrogens with one attached hydrogen (secondary N) is 1. The van der Waals surface area contributed by atoms with Crippen molar-refractivity contribution in [3.63, 3.8) is 0 Å². The van der Waals surface area contributed by atoms with Gasteiger partial charge in [0, 0.05) is 13.2 Å². The molecule has 0 fully saturated rings. The first kappa shape index (κ1) is 20.1. The molecule has 0 aliphatic carbocycles. The zero-order valence-electron chi connectivity index (χ0n) is 15.7. The summed E-state index contributed by atoms with van der Waals surface area (Å²) in [7, 11) is 1.46. The molecule has 0 bridgehead atoms. The highest BCUT2D eigenvalue weighted by atomic mass is 19.1. The molecular weight excluding hydrogens is 349 g/mol. The number of carbonyl (C=O) groups is 2. The van der Waals surface area contributed by atoms with Crippen molar-refractivity contribution in [3.8, 4) is 0 Å². The molecule has 0 unspecified atom stereocenters. The normalized spacial score (nSPS) is 11.4. The van der Waals surface area contributed by atoms with Crippen molar-refractivity contribution in [1.29, 1.82) is 0 Å². The molecule has 0 saturated carbocycles. The minimum absolute atomic E-state index is 0.0459. The molecule has 2 aromatic rings. The highest BCUT2D eigenvalue weighted by Crippen LogP contribution is 2.26. The topological polar surface area (TPSA) is 71.5 Å². The van der Waals surface area contributed by atoms with E-state index in [1.165, 1.54) is 25.4 Å². The summed E-state index contributed by atoms with van der Waals surface area (Å²) in [5.41, 5.74) is 1.98. The van der Waals surface area contributed by atoms with Crippen LogP contribution < -0.4 is 5.32 Å². The summed E-state index contributed by atoms with van der Waals surface area (Å²) in [6, 6.07) is 8.14. The van der Waals surface area contributed by atoms with Gasteiger partial charge in [-0.3, -0.25) is 9.78 Å². The van der Waals surface area contributed by atoms with E-state index >= 15 is 0 Å². The number of rotatable bonds is 7. The Morgan fingerprint density at radius 3 is 2.67 bits per heavy atom. The third-order valence-corrected chi connectivity index (χ3v) is 3.85. The molecule has 7 heteroatoms. The number of pyridine rings is 1. The summed E-state index contributed by atoms with van der Waals surface area (Å²) in [4.78, 5) is 29.6. The molecule has 6 nitrogen and oxygen atoms in total. The van der Waals surface area contributed by atoms with Gasteiger partial charge < -0.3 is 15.0 Å². The van der Waals surface area contributed by atoms with Crippen molar-refractivity contribution in [3.05, 3.63) is 65.0 Å². The van der Waals surface area contributed by atoms with Crippen molar-refractivity contribution in [2.24, 2.45) is 0 Å². The van der Waals surface area contributed by atoms with E-state index in [2.05, 4.69) is 10.3 Å². The summed E-state index contributed by atoms with van der Waals surface area (Å²) >= 11 is 0. The number of halogens is 1. The van der Waals surface area contributed by atoms with Crippen molar-refractivity contribution in [2.45, 2.75) is 20.8 Å². The summed E-state index contributed by atoms with van der Waals surface area (Å²) < 4.78 is 19.5. The van der Waals surface area contributed by atoms with E-state index in [1.54, 1.807) is 39.0 Å². The number of amides is 1. The van der Waals surface area contributed by atoms with E-state index in [0.29, 0.717) is 17.7 Å². The van der Waals surface area contributed by atoms with Gasteiger partial charge in [0.05, 0.1) is 18.0 Å². The van der Waals surface area contributed by atoms with Crippen molar-refractivity contribution >= 4 is 23.6 Å². The number of hydrogen-bond donors (Lipinski definition) is 1. The molecule has 1 amide bonds. The highest BCUT2D eigenvalue weighted by molar-refractivity contribution is 6.17. The standard InChI is InChI=1S/C20H22FN3O3/c1-5-27-20(26)17(18-14(3)7-6-10-22-18)19(24(4)12-25)23-16-9-8-13(2)11-15(16)21/h6-12,23H,5H2,1-4H3/b19-17+. The molecule has 0 atom stereocenters. The minimum Gasteiger partial charge on any atom is -0.462 e. The number of nitrogens with zero attached hydrogens (tertiary/aromatic N) is 2. The average Bonchev–Trinajstić information content (AvgIpc) is 2.64. The van der Waals surface area contributed by atoms with E-state index < -0.39 is 11.8 Å². The van der Waals surface area contributed by atoms with E-state index in [9.17, 15) is 14.0 Å². The first-order valence-corrected chi connectivity index (χ1v) is 8.43. The average molecular weight is 371 g/mol. The minimum atomic E-state index is -0.664. The maximum Gasteiger partial charge on any atom is 0.344 e. The Labute approximate surface area is 157 Å². The van der Waals surface area contributed by atoms with Crippen LogP contribution in [-0.4, -0.2) is 35.9 Å². The molecule has 1 aromatic carbocycles. The molecule has 1 aromatic heterocycles. The molecular formula is C20H22FN3O3. The van der Waals surface area contributed by atoms with E-state index in [-0.39, 0.29) is 23.7 Å². The Balaban J connectivity index is 2.70. The zero-order chi connectivity index (χ0) is 20.0. The summed E-state index contributed by atoms with van der Waals surface area (Å²) in [5, 5.41) is 2.85. The summed E-state index contributed by atoms with van der Waals surface area (Å²) in [5.74, 6) is -1.09. The number of ether oxygens (including phenoxy) is 1. The fourth-order valence-corrected chi connectivity index (χ4v) is 2.48. The zero-order valence-corrected chi connectivity index (χ0v) is 15.7. The maximum absolute atomic E-state index is 14.3. The molecule has 27 heavy (non-hydrogen) atoms. The number of aryl methyl sites for hydroxylation is 2. The van der Waals surface area contributed by atoms with Gasteiger partial charge in [-0.15, -0.1) is 0 Å². The summed E-state index contributed by atoms with van der Waals surface area (Å²) in [6.45, 7) is 5.37. The van der Waals surface area contributed by atoms with E-state index in [1.807, 2.05) is 0 Å². The van der Waals surface area contributed by atoms with Gasteiger partial charge in [0.15, 0.2) is 0 Å². The van der Waals surface area contributed by atoms with Crippen LogP contribution in [0.4, 0.5) is 10.1 Å². The third kappa shape index (κ3) is 4.69. The van der Waals surface area contributed by atoms with Crippen molar-refractivity contribution < 1.29 is 18.7 Å². The monoisotopic (exact) mass is 371 g/mol. The second-order valence-corrected chi connectivity index (χ2v) is 5.94. The fourth-order valence-electron chi connectivity index (χ4n) is 2.48. The van der Waals surface area contributed by atoms with Gasteiger partial charge in [0.2, 0.25) is 6.41 Å². The molecule has 0 aliphatic heterocycles. The van der Waals surface area contributed by atoms with Crippen LogP contribution in [0.5, 0.6) is 0 Å². The van der Waals surface area contributed by atoms with E-state index in [0.717, 1.165) is 10.5 Å². The van der Waals surface area contributed by atoms with Gasteiger partial charge in [-0.25, -0.2) is 9.18 Å². The number of carbonyl (C=O) groups excluding carboxylic acids is 2. The van der Waals surface area contributed by atoms with Gasteiger partial charge in [0.25, 0.3) is 0 Å². The molecule has 2 rings (SSSR count). The lowest BCUT2D eigenvalue weighted by Gasteiger charge is -2.22. The molecule has 0 saturated heterocycles. The highest BCUT2D eigenvalue weighted by Gasteiger charge is 2.25. The molecule has 1 heterocycles. The van der Waals surface area contributed by atoms with Crippen molar-refractivity contribution in [1.82, 2.24) is 9.88 Å². The predicted octanol–water partition coefficient (Wildman–Crippen LogP) is 3.27. The second-order valence-electron chi connectivity index (χ2n) is 5.94. The van der Waals surface area contributed by atoms with Crippen LogP contribution in [-0.2, 0) is 14.3 Å². The Morgan fingerprint density at radius 1 is 1.33 bits per heavy atom. The number of aromatic nitrogens is 1. The summed E-state index contributed by atoms with van der Waals surface area (Å²) in [6.07, 6.45) is 2.05. The molecule has 142 valence electrons. The number of anilines is 1. The number of hydrogen-bond acceptors (Lipinski definition) is 5. The fraction of sp³-hybridized carbons (Fsp3) is 0.250. The third-order valence-electron chi connectivity index (χ3n) is 3.85. The van der Waals surface area contributed by atoms with Crippen LogP contribution in [0.25, 0.3) is 5.57 Å². The maximum atomic E-state index is 14.3. The molecule has 0 aliphatic rings. The van der Waals surface area contributed by atoms with Gasteiger partial charge >= 0.3 is 5.97 Å². The van der Waals surface area contributed by atoms with Crippen molar-refractivity contribution in [2.75, 3.05) is 19.0 Å². The lowest BCUT2D eigenvalue weighted by molar-refractivity contribution is -0.136. The Bertz CT molecular complexity index is 881. The van der Waals surface area contributed by atoms with Crippen LogP contribution in [0.1, 0.15) is 23.7 Å². The van der Waals surface area contributed by atoms with Crippen LogP contribution in [0.15, 0.2) is 42.3 Å². The Morgan fingerprint density at radius 2 is 2.07 bits per heavy atom. The van der Waals surface area contributed by atoms with Gasteiger partial charge in [-0.2, -0.15) is 0 Å². The van der Waals surface area contributed by atoms with Gasteiger partial charge in [0.1, 0.15) is 17.2 Å².